The Morgan fingerprint density at radius 2 is 2.00 bits per heavy atom. The summed E-state index contributed by atoms with van der Waals surface area (Å²) in [6.45, 7) is 0. The monoisotopic (exact) mass is 159 g/mol. The average molecular weight is 159 g/mol. The van der Waals surface area contributed by atoms with Gasteiger partial charge < -0.3 is 0 Å². The third-order valence-electron chi connectivity index (χ3n) is 2.51. The van der Waals surface area contributed by atoms with E-state index in [0.717, 1.165) is 18.4 Å². The number of aryl methyl sites for hydroxylation is 1. The van der Waals surface area contributed by atoms with Gasteiger partial charge in [0.2, 0.25) is 6.29 Å². The summed E-state index contributed by atoms with van der Waals surface area (Å²) in [6.07, 6.45) is 6.66. The summed E-state index contributed by atoms with van der Waals surface area (Å²) in [5.41, 5.74) is 3.35. The lowest BCUT2D eigenvalue weighted by Gasteiger charge is -2.16. The Morgan fingerprint density at radius 3 is 2.83 bits per heavy atom. The van der Waals surface area contributed by atoms with Crippen molar-refractivity contribution in [3.8, 4) is 0 Å². The van der Waals surface area contributed by atoms with Gasteiger partial charge in [-0.15, -0.1) is 0 Å². The van der Waals surface area contributed by atoms with Gasteiger partial charge in [0.25, 0.3) is 0 Å². The number of rotatable bonds is 1. The van der Waals surface area contributed by atoms with Crippen LogP contribution in [0.15, 0.2) is 18.2 Å². The SMILES string of the molecule is O=[C]c1cccc2c1CCCC2. The number of hydrogen-bond acceptors (Lipinski definition) is 1. The first-order valence-corrected chi connectivity index (χ1v) is 4.41. The summed E-state index contributed by atoms with van der Waals surface area (Å²) in [5.74, 6) is 0. The maximum Gasteiger partial charge on any atom is 0.233 e. The molecule has 0 aromatic heterocycles. The second-order valence-electron chi connectivity index (χ2n) is 3.25. The van der Waals surface area contributed by atoms with E-state index in [-0.39, 0.29) is 0 Å². The Bertz CT molecular complexity index is 302. The molecule has 1 aliphatic rings. The number of carbonyl (C=O) groups excluding carboxylic acids is 1. The summed E-state index contributed by atoms with van der Waals surface area (Å²) < 4.78 is 0. The van der Waals surface area contributed by atoms with Gasteiger partial charge in [0.1, 0.15) is 0 Å². The van der Waals surface area contributed by atoms with Crippen LogP contribution in [0.2, 0.25) is 0 Å². The Labute approximate surface area is 72.4 Å². The van der Waals surface area contributed by atoms with Crippen molar-refractivity contribution in [1.82, 2.24) is 0 Å². The maximum atomic E-state index is 10.6. The van der Waals surface area contributed by atoms with Crippen LogP contribution < -0.4 is 0 Å². The van der Waals surface area contributed by atoms with Gasteiger partial charge in [-0.05, 0) is 36.8 Å². The van der Waals surface area contributed by atoms with Crippen LogP contribution in [-0.2, 0) is 17.6 Å². The molecule has 0 unspecified atom stereocenters. The fraction of sp³-hybridized carbons (Fsp3) is 0.364. The van der Waals surface area contributed by atoms with Gasteiger partial charge in [0, 0.05) is 5.56 Å². The predicted molar refractivity (Wildman–Crippen MR) is 47.9 cm³/mol. The third-order valence-corrected chi connectivity index (χ3v) is 2.51. The molecule has 1 nitrogen and oxygen atoms in total. The number of hydrogen-bond donors (Lipinski definition) is 0. The van der Waals surface area contributed by atoms with Crippen LogP contribution >= 0.6 is 0 Å². The standard InChI is InChI=1S/C11H11O/c12-8-10-6-3-5-9-4-1-2-7-11(9)10/h3,5-6H,1-2,4,7H2. The maximum absolute atomic E-state index is 10.6. The van der Waals surface area contributed by atoms with Crippen LogP contribution in [-0.4, -0.2) is 6.29 Å². The highest BCUT2D eigenvalue weighted by Gasteiger charge is 2.11. The Hall–Kier alpha value is -1.11. The van der Waals surface area contributed by atoms with Gasteiger partial charge in [0.15, 0.2) is 0 Å². The molecule has 0 aliphatic heterocycles. The van der Waals surface area contributed by atoms with Gasteiger partial charge >= 0.3 is 0 Å². The van der Waals surface area contributed by atoms with E-state index in [9.17, 15) is 4.79 Å². The quantitative estimate of drug-likeness (QED) is 0.612. The Morgan fingerprint density at radius 1 is 1.17 bits per heavy atom. The molecule has 1 aromatic carbocycles. The normalized spacial score (nSPS) is 15.3. The van der Waals surface area contributed by atoms with Crippen LogP contribution in [0.3, 0.4) is 0 Å². The zero-order valence-corrected chi connectivity index (χ0v) is 6.97. The fourth-order valence-electron chi connectivity index (χ4n) is 1.88. The van der Waals surface area contributed by atoms with E-state index in [1.807, 2.05) is 18.4 Å². The molecule has 0 amide bonds. The first kappa shape index (κ1) is 7.53. The minimum atomic E-state index is 0.771. The lowest BCUT2D eigenvalue weighted by Crippen LogP contribution is -2.05. The fourth-order valence-corrected chi connectivity index (χ4v) is 1.88. The molecular weight excluding hydrogens is 148 g/mol. The summed E-state index contributed by atoms with van der Waals surface area (Å²) in [7, 11) is 0. The zero-order valence-electron chi connectivity index (χ0n) is 6.97. The molecule has 0 saturated heterocycles. The van der Waals surface area contributed by atoms with Crippen molar-refractivity contribution in [2.45, 2.75) is 25.7 Å². The molecule has 1 aromatic rings. The van der Waals surface area contributed by atoms with Crippen LogP contribution in [0.1, 0.15) is 29.5 Å². The van der Waals surface area contributed by atoms with Gasteiger partial charge in [-0.3, -0.25) is 4.79 Å². The molecule has 0 saturated carbocycles. The van der Waals surface area contributed by atoms with E-state index in [1.54, 1.807) is 0 Å². The van der Waals surface area contributed by atoms with E-state index >= 15 is 0 Å². The second kappa shape index (κ2) is 3.10. The molecule has 0 N–H and O–H groups in total. The topological polar surface area (TPSA) is 17.1 Å². The van der Waals surface area contributed by atoms with Crippen LogP contribution in [0.5, 0.6) is 0 Å². The van der Waals surface area contributed by atoms with E-state index in [0.29, 0.717) is 0 Å². The smallest absolute Gasteiger partial charge is 0.233 e. The first-order chi connectivity index (χ1) is 5.92. The molecule has 0 atom stereocenters. The predicted octanol–water partition coefficient (Wildman–Crippen LogP) is 2.02. The van der Waals surface area contributed by atoms with Crippen LogP contribution in [0, 0.1) is 0 Å². The molecule has 0 spiro atoms. The Kier molecular flexibility index (Phi) is 1.94. The minimum Gasteiger partial charge on any atom is -0.285 e. The van der Waals surface area contributed by atoms with Crippen molar-refractivity contribution >= 4 is 6.29 Å². The van der Waals surface area contributed by atoms with Gasteiger partial charge in [-0.25, -0.2) is 0 Å². The molecule has 0 heterocycles. The molecule has 61 valence electrons. The second-order valence-corrected chi connectivity index (χ2v) is 3.25. The van der Waals surface area contributed by atoms with E-state index < -0.39 is 0 Å². The molecule has 0 fully saturated rings. The van der Waals surface area contributed by atoms with Gasteiger partial charge in [-0.2, -0.15) is 0 Å². The van der Waals surface area contributed by atoms with Crippen molar-refractivity contribution < 1.29 is 4.79 Å². The molecule has 2 rings (SSSR count). The molecule has 1 aliphatic carbocycles. The summed E-state index contributed by atoms with van der Waals surface area (Å²) in [6, 6.07) is 5.93. The van der Waals surface area contributed by atoms with Crippen molar-refractivity contribution in [3.05, 3.63) is 34.9 Å². The first-order valence-electron chi connectivity index (χ1n) is 4.41. The van der Waals surface area contributed by atoms with Gasteiger partial charge in [-0.1, -0.05) is 18.2 Å². The minimum absolute atomic E-state index is 0.771. The Balaban J connectivity index is 2.51. The van der Waals surface area contributed by atoms with Gasteiger partial charge in [0.05, 0.1) is 0 Å². The van der Waals surface area contributed by atoms with Crippen molar-refractivity contribution in [1.29, 1.82) is 0 Å². The number of benzene rings is 1. The van der Waals surface area contributed by atoms with E-state index in [1.165, 1.54) is 24.0 Å². The van der Waals surface area contributed by atoms with E-state index in [2.05, 4.69) is 6.07 Å². The van der Waals surface area contributed by atoms with Crippen molar-refractivity contribution in [3.63, 3.8) is 0 Å². The largest absolute Gasteiger partial charge is 0.285 e. The highest BCUT2D eigenvalue weighted by atomic mass is 16.1. The third kappa shape index (κ3) is 1.15. The summed E-state index contributed by atoms with van der Waals surface area (Å²) in [4.78, 5) is 10.6. The molecule has 1 radical (unpaired) electrons. The molecule has 12 heavy (non-hydrogen) atoms. The highest BCUT2D eigenvalue weighted by Crippen LogP contribution is 2.23. The van der Waals surface area contributed by atoms with Crippen molar-refractivity contribution in [2.75, 3.05) is 0 Å². The lowest BCUT2D eigenvalue weighted by molar-refractivity contribution is 0.561. The zero-order chi connectivity index (χ0) is 8.39. The number of fused-ring (bicyclic) bond motifs is 1. The lowest BCUT2D eigenvalue weighted by atomic mass is 9.89. The summed E-state index contributed by atoms with van der Waals surface area (Å²) in [5, 5.41) is 0. The van der Waals surface area contributed by atoms with E-state index in [4.69, 9.17) is 0 Å². The molecular formula is C11H11O. The highest BCUT2D eigenvalue weighted by molar-refractivity contribution is 5.78. The van der Waals surface area contributed by atoms with Crippen LogP contribution in [0.25, 0.3) is 0 Å². The van der Waals surface area contributed by atoms with Crippen LogP contribution in [0.4, 0.5) is 0 Å². The molecule has 0 bridgehead atoms. The average Bonchev–Trinajstić information content (AvgIpc) is 2.17. The van der Waals surface area contributed by atoms with Crippen molar-refractivity contribution in [2.24, 2.45) is 0 Å². The summed E-state index contributed by atoms with van der Waals surface area (Å²) >= 11 is 0. The molecule has 1 heteroatoms.